The van der Waals surface area contributed by atoms with Gasteiger partial charge in [-0.1, -0.05) is 59.8 Å². The Balaban J connectivity index is 1.63. The SMILES string of the molecule is CCCN1CCN(/N=C\C2=C3NC(=O)/C(C)=C\C=C\[C@H](C)[C@H](O)[C@@H](C)[C@@H](O)[C@@H](C)[C@H](OC(C)=O)[C@H](C)[C@@H](C)/C=C/O[C@@]4(C)Oc5c(C)c(O)c(c(c5C4=O)C2=O)C3=O)CC1. The van der Waals surface area contributed by atoms with E-state index in [4.69, 9.17) is 14.2 Å². The molecule has 1 amide bonds. The number of nitrogens with zero attached hydrogens (tertiary/aromatic N) is 3. The van der Waals surface area contributed by atoms with Crippen LogP contribution >= 0.6 is 0 Å². The first kappa shape index (κ1) is 46.0. The van der Waals surface area contributed by atoms with E-state index in [9.17, 15) is 39.3 Å². The second kappa shape index (κ2) is 18.7. The monoisotopic (exact) mass is 832 g/mol. The lowest BCUT2D eigenvalue weighted by molar-refractivity contribution is -0.158. The Labute approximate surface area is 351 Å². The van der Waals surface area contributed by atoms with Crippen LogP contribution in [0.15, 0.2) is 52.5 Å². The maximum absolute atomic E-state index is 14.7. The van der Waals surface area contributed by atoms with Crippen molar-refractivity contribution in [2.45, 2.75) is 99.8 Å². The molecular weight excluding hydrogens is 773 g/mol. The summed E-state index contributed by atoms with van der Waals surface area (Å²) in [5, 5.41) is 43.3. The van der Waals surface area contributed by atoms with Gasteiger partial charge in [0.05, 0.1) is 46.9 Å². The van der Waals surface area contributed by atoms with Crippen LogP contribution in [0.3, 0.4) is 0 Å². The van der Waals surface area contributed by atoms with Crippen LogP contribution in [0.5, 0.6) is 11.5 Å². The van der Waals surface area contributed by atoms with Crippen LogP contribution in [0.25, 0.3) is 0 Å². The zero-order chi connectivity index (χ0) is 44.4. The van der Waals surface area contributed by atoms with Crippen molar-refractivity contribution in [3.05, 3.63) is 69.7 Å². The highest BCUT2D eigenvalue weighted by atomic mass is 16.7. The molecule has 4 aliphatic heterocycles. The molecule has 60 heavy (non-hydrogen) atoms. The van der Waals surface area contributed by atoms with Crippen molar-refractivity contribution >= 4 is 35.4 Å². The standard InChI is InChI=1S/C45H60N4O11/c1-11-16-48-17-19-49(20-18-48)46-22-31-35-40(55)33-32(39(31)54)34-42(29(8)38(33)53)60-45(10,43(34)56)58-21-15-23(2)26(5)41(59-30(9)50)28(7)37(52)27(6)36(51)24(3)13-12-14-25(4)44(57)47-35/h12-15,21-24,26-28,36-37,41,51-53H,11,16-20H2,1-10H3,(H,47,57)/b13-12+,21-15+,25-14-,46-22-/t23-,24-,26+,27+,28+,36-,37+,41+,45-/m0/s1. The van der Waals surface area contributed by atoms with E-state index in [0.717, 1.165) is 26.1 Å². The quantitative estimate of drug-likeness (QED) is 0.236. The number of ketones is 3. The number of esters is 1. The van der Waals surface area contributed by atoms with Crippen LogP contribution in [0.4, 0.5) is 0 Å². The third-order valence-corrected chi connectivity index (χ3v) is 12.4. The Morgan fingerprint density at radius 1 is 0.933 bits per heavy atom. The summed E-state index contributed by atoms with van der Waals surface area (Å²) in [6.07, 6.45) is 6.92. The van der Waals surface area contributed by atoms with E-state index in [0.29, 0.717) is 13.1 Å². The Morgan fingerprint density at radius 2 is 1.60 bits per heavy atom. The van der Waals surface area contributed by atoms with Crippen LogP contribution < -0.4 is 10.1 Å². The van der Waals surface area contributed by atoms with E-state index in [-0.39, 0.29) is 33.9 Å². The minimum absolute atomic E-state index is 0.0123. The predicted molar refractivity (Wildman–Crippen MR) is 223 cm³/mol. The van der Waals surface area contributed by atoms with Gasteiger partial charge in [-0.2, -0.15) is 5.10 Å². The lowest BCUT2D eigenvalue weighted by Gasteiger charge is -2.37. The normalized spacial score (nSPS) is 32.9. The fourth-order valence-electron chi connectivity index (χ4n) is 8.24. The highest BCUT2D eigenvalue weighted by Gasteiger charge is 2.52. The number of phenolic OH excluding ortho intramolecular Hbond substituents is 1. The average Bonchev–Trinajstić information content (AvgIpc) is 3.47. The number of aromatic hydroxyl groups is 1. The topological polar surface area (TPSA) is 205 Å². The molecule has 4 heterocycles. The smallest absolute Gasteiger partial charge is 0.312 e. The summed E-state index contributed by atoms with van der Waals surface area (Å²) in [4.78, 5) is 71.9. The van der Waals surface area contributed by atoms with Gasteiger partial charge in [-0.25, -0.2) is 0 Å². The highest BCUT2D eigenvalue weighted by Crippen LogP contribution is 2.48. The Kier molecular flexibility index (Phi) is 14.3. The number of nitrogens with one attached hydrogen (secondary N) is 1. The van der Waals surface area contributed by atoms with Gasteiger partial charge in [0.25, 0.3) is 11.7 Å². The van der Waals surface area contributed by atoms with Crippen LogP contribution in [0, 0.1) is 36.5 Å². The molecule has 15 heteroatoms. The third kappa shape index (κ3) is 9.13. The van der Waals surface area contributed by atoms with E-state index in [1.54, 1.807) is 44.0 Å². The van der Waals surface area contributed by atoms with Crippen LogP contribution in [-0.4, -0.2) is 117 Å². The number of aliphatic hydroxyl groups is 2. The van der Waals surface area contributed by atoms with Gasteiger partial charge in [-0.3, -0.25) is 33.9 Å². The number of allylic oxidation sites excluding steroid dienone is 5. The minimum atomic E-state index is -2.04. The van der Waals surface area contributed by atoms with Crippen molar-refractivity contribution in [1.82, 2.24) is 15.2 Å². The number of Topliss-reactive ketones (excluding diaryl/α,β-unsaturated/α-hetero) is 3. The first-order valence-corrected chi connectivity index (χ1v) is 20.8. The zero-order valence-corrected chi connectivity index (χ0v) is 36.3. The van der Waals surface area contributed by atoms with Crippen molar-refractivity contribution in [1.29, 1.82) is 0 Å². The van der Waals surface area contributed by atoms with Crippen LogP contribution in [0.1, 0.15) is 105 Å². The fraction of sp³-hybridized carbons (Fsp3) is 0.556. The van der Waals surface area contributed by atoms with Crippen molar-refractivity contribution in [2.24, 2.45) is 34.7 Å². The summed E-state index contributed by atoms with van der Waals surface area (Å²) in [5.41, 5.74) is -1.66. The average molecular weight is 833 g/mol. The molecule has 326 valence electrons. The predicted octanol–water partition coefficient (Wildman–Crippen LogP) is 4.64. The number of hydrogen-bond acceptors (Lipinski definition) is 14. The number of carbonyl (C=O) groups is 5. The van der Waals surface area contributed by atoms with Crippen LogP contribution in [0.2, 0.25) is 0 Å². The number of phenols is 1. The molecule has 1 fully saturated rings. The molecule has 4 N–H and O–H groups in total. The van der Waals surface area contributed by atoms with Gasteiger partial charge >= 0.3 is 11.8 Å². The number of piperazine rings is 1. The maximum atomic E-state index is 14.7. The number of amides is 1. The van der Waals surface area contributed by atoms with Gasteiger partial charge in [0.1, 0.15) is 23.3 Å². The first-order valence-electron chi connectivity index (χ1n) is 20.8. The Hall–Kier alpha value is -5.12. The van der Waals surface area contributed by atoms with E-state index in [2.05, 4.69) is 22.2 Å². The second-order valence-corrected chi connectivity index (χ2v) is 16.8. The van der Waals surface area contributed by atoms with Gasteiger partial charge in [0, 0.05) is 68.9 Å². The summed E-state index contributed by atoms with van der Waals surface area (Å²) in [6, 6.07) is 0. The minimum Gasteiger partial charge on any atom is -0.507 e. The molecule has 5 aliphatic rings. The van der Waals surface area contributed by atoms with Gasteiger partial charge in [-0.05, 0) is 44.7 Å². The molecule has 1 saturated heterocycles. The lowest BCUT2D eigenvalue weighted by Crippen LogP contribution is -2.45. The molecule has 1 aromatic rings. The number of ether oxygens (including phenoxy) is 3. The van der Waals surface area contributed by atoms with Gasteiger partial charge < -0.3 is 34.8 Å². The van der Waals surface area contributed by atoms with Crippen LogP contribution in [-0.2, 0) is 19.1 Å². The Bertz CT molecular complexity index is 2040. The molecule has 0 aromatic heterocycles. The highest BCUT2D eigenvalue weighted by molar-refractivity contribution is 6.37. The van der Waals surface area contributed by atoms with Crippen molar-refractivity contribution in [2.75, 3.05) is 32.7 Å². The maximum Gasteiger partial charge on any atom is 0.312 e. The van der Waals surface area contributed by atoms with Crippen molar-refractivity contribution < 1.29 is 53.5 Å². The molecule has 5 bridgehead atoms. The number of aliphatic hydroxyl groups excluding tert-OH is 2. The van der Waals surface area contributed by atoms with E-state index in [1.807, 2.05) is 13.8 Å². The van der Waals surface area contributed by atoms with Crippen molar-refractivity contribution in [3.8, 4) is 11.5 Å². The van der Waals surface area contributed by atoms with E-state index in [1.165, 1.54) is 46.2 Å². The van der Waals surface area contributed by atoms with Gasteiger partial charge in [-0.15, -0.1) is 0 Å². The van der Waals surface area contributed by atoms with Gasteiger partial charge in [0.15, 0.2) is 5.78 Å². The summed E-state index contributed by atoms with van der Waals surface area (Å²) in [5.74, 6) is -9.10. The molecule has 0 saturated carbocycles. The summed E-state index contributed by atoms with van der Waals surface area (Å²) in [7, 11) is 0. The summed E-state index contributed by atoms with van der Waals surface area (Å²) >= 11 is 0. The number of fused-ring (bicyclic) bond motifs is 14. The largest absolute Gasteiger partial charge is 0.507 e. The molecule has 0 spiro atoms. The summed E-state index contributed by atoms with van der Waals surface area (Å²) in [6.45, 7) is 20.1. The number of rotatable bonds is 5. The molecule has 1 aromatic carbocycles. The zero-order valence-electron chi connectivity index (χ0n) is 36.3. The molecule has 9 atom stereocenters. The van der Waals surface area contributed by atoms with Gasteiger partial charge in [0.2, 0.25) is 5.78 Å². The second-order valence-electron chi connectivity index (χ2n) is 16.8. The lowest BCUT2D eigenvalue weighted by atomic mass is 9.77. The number of hydrogen-bond donors (Lipinski definition) is 4. The molecule has 1 aliphatic carbocycles. The fourth-order valence-corrected chi connectivity index (χ4v) is 8.24. The molecule has 15 nitrogen and oxygen atoms in total. The van der Waals surface area contributed by atoms with E-state index >= 15 is 0 Å². The summed E-state index contributed by atoms with van der Waals surface area (Å²) < 4.78 is 17.8. The molecular formula is C45H60N4O11. The van der Waals surface area contributed by atoms with Crippen molar-refractivity contribution in [3.63, 3.8) is 0 Å². The molecule has 0 radical (unpaired) electrons. The number of benzene rings is 1. The first-order chi connectivity index (χ1) is 28.2. The third-order valence-electron chi connectivity index (χ3n) is 12.4. The van der Waals surface area contributed by atoms with E-state index < -0.39 is 99.6 Å². The number of hydrazone groups is 1. The molecule has 6 rings (SSSR count). The molecule has 0 unspecified atom stereocenters. The number of carbonyl (C=O) groups excluding carboxylic acids is 5. The Morgan fingerprint density at radius 3 is 2.23 bits per heavy atom.